The Morgan fingerprint density at radius 1 is 0.924 bits per heavy atom. The maximum absolute atomic E-state index is 14.0. The minimum Gasteiger partial charge on any atom is -0.392 e. The van der Waals surface area contributed by atoms with Gasteiger partial charge in [-0.3, -0.25) is 48.7 Å². The smallest absolute Gasteiger partial charge is 0.276 e. The van der Waals surface area contributed by atoms with Gasteiger partial charge in [-0.15, -0.1) is 0 Å². The zero-order valence-electron chi connectivity index (χ0n) is 37.0. The summed E-state index contributed by atoms with van der Waals surface area (Å²) in [5, 5.41) is 16.1. The number of fused-ring (bicyclic) bond motifs is 4. The van der Waals surface area contributed by atoms with Crippen LogP contribution in [0.2, 0.25) is 0 Å². The minimum absolute atomic E-state index is 0.0104. The number of nitrogens with zero attached hydrogens (tertiary/aromatic N) is 8. The van der Waals surface area contributed by atoms with Gasteiger partial charge < -0.3 is 29.4 Å². The minimum atomic E-state index is -1.14. The SMILES string of the molecule is C[C@H]1CN(C(=O)c2cccc3c2C(=O)N(C2CCC(=O)NC2=O)C3=O)CCN1c1ccc(Nc2cc(-c3ccnc(N4CCn5c(cc6c5CC(C)(C)C6)C4=O)c3CO)cn(C)c2=O)nc1. The van der Waals surface area contributed by atoms with E-state index in [0.717, 1.165) is 23.4 Å². The highest BCUT2D eigenvalue weighted by atomic mass is 16.3. The van der Waals surface area contributed by atoms with Crippen molar-refractivity contribution in [2.24, 2.45) is 12.5 Å². The molecule has 1 aliphatic carbocycles. The molecule has 0 saturated carbocycles. The van der Waals surface area contributed by atoms with Crippen molar-refractivity contribution in [3.63, 3.8) is 0 Å². The highest BCUT2D eigenvalue weighted by molar-refractivity contribution is 6.26. The molecule has 3 N–H and O–H groups in total. The van der Waals surface area contributed by atoms with Gasteiger partial charge in [0.25, 0.3) is 29.2 Å². The molecule has 0 bridgehead atoms. The lowest BCUT2D eigenvalue weighted by molar-refractivity contribution is -0.136. The van der Waals surface area contributed by atoms with E-state index in [2.05, 4.69) is 43.9 Å². The maximum Gasteiger partial charge on any atom is 0.276 e. The number of aliphatic hydroxyl groups is 1. The summed E-state index contributed by atoms with van der Waals surface area (Å²) in [7, 11) is 1.64. The van der Waals surface area contributed by atoms with E-state index < -0.39 is 35.6 Å². The first-order valence-corrected chi connectivity index (χ1v) is 22.1. The van der Waals surface area contributed by atoms with Crippen molar-refractivity contribution in [1.29, 1.82) is 0 Å². The third-order valence-corrected chi connectivity index (χ3v) is 13.5. The monoisotopic (exact) mass is 892 g/mol. The maximum atomic E-state index is 14.0. The Kier molecular flexibility index (Phi) is 10.2. The van der Waals surface area contributed by atoms with Gasteiger partial charge in [-0.1, -0.05) is 19.9 Å². The second-order valence-corrected chi connectivity index (χ2v) is 18.5. The van der Waals surface area contributed by atoms with Crippen LogP contribution in [0.4, 0.5) is 23.0 Å². The number of carbonyl (C=O) groups is 6. The fourth-order valence-electron chi connectivity index (χ4n) is 10.4. The lowest BCUT2D eigenvalue weighted by atomic mass is 9.90. The summed E-state index contributed by atoms with van der Waals surface area (Å²) in [4.78, 5) is 108. The number of hydrogen-bond donors (Lipinski definition) is 3. The van der Waals surface area contributed by atoms with E-state index in [1.807, 2.05) is 19.1 Å². The summed E-state index contributed by atoms with van der Waals surface area (Å²) in [6.45, 7) is 8.13. The fourth-order valence-corrected chi connectivity index (χ4v) is 10.4. The molecule has 5 aliphatic rings. The number of imide groups is 2. The van der Waals surface area contributed by atoms with Crippen LogP contribution in [0.3, 0.4) is 0 Å². The van der Waals surface area contributed by atoms with Crippen LogP contribution in [-0.2, 0) is 42.6 Å². The predicted molar refractivity (Wildman–Crippen MR) is 241 cm³/mol. The normalized spacial score (nSPS) is 20.1. The molecule has 1 unspecified atom stereocenters. The third kappa shape index (κ3) is 7.02. The van der Waals surface area contributed by atoms with Crippen molar-refractivity contribution in [2.75, 3.05) is 41.3 Å². The van der Waals surface area contributed by atoms with Gasteiger partial charge in [0.1, 0.15) is 29.1 Å². The summed E-state index contributed by atoms with van der Waals surface area (Å²) in [6, 6.07) is 12.3. The number of piperazine rings is 1. The molecular formula is C48H48N10O8. The number of piperidine rings is 1. The van der Waals surface area contributed by atoms with Crippen molar-refractivity contribution >= 4 is 58.5 Å². The highest BCUT2D eigenvalue weighted by Crippen LogP contribution is 2.40. The van der Waals surface area contributed by atoms with E-state index in [9.17, 15) is 38.7 Å². The van der Waals surface area contributed by atoms with Crippen molar-refractivity contribution in [2.45, 2.75) is 71.7 Å². The molecule has 6 amide bonds. The number of benzene rings is 1. The Balaban J connectivity index is 0.829. The first kappa shape index (κ1) is 42.5. The van der Waals surface area contributed by atoms with Crippen LogP contribution in [-0.4, -0.2) is 108 Å². The number of aliphatic hydroxyl groups excluding tert-OH is 1. The number of aryl methyl sites for hydroxylation is 1. The Morgan fingerprint density at radius 3 is 2.48 bits per heavy atom. The molecule has 10 rings (SSSR count). The molecule has 5 aromatic rings. The van der Waals surface area contributed by atoms with Crippen LogP contribution in [0.5, 0.6) is 0 Å². The largest absolute Gasteiger partial charge is 0.392 e. The second-order valence-electron chi connectivity index (χ2n) is 18.5. The number of aromatic nitrogens is 4. The van der Waals surface area contributed by atoms with Gasteiger partial charge in [-0.05, 0) is 85.2 Å². The number of pyridine rings is 3. The Hall–Kier alpha value is -7.47. The average Bonchev–Trinajstić information content (AvgIpc) is 3.89. The van der Waals surface area contributed by atoms with E-state index in [-0.39, 0.29) is 64.7 Å². The number of rotatable bonds is 8. The van der Waals surface area contributed by atoms with E-state index in [1.54, 1.807) is 59.7 Å². The van der Waals surface area contributed by atoms with Gasteiger partial charge in [0.05, 0.1) is 35.2 Å². The van der Waals surface area contributed by atoms with Crippen LogP contribution in [0.1, 0.15) is 92.0 Å². The van der Waals surface area contributed by atoms with Gasteiger partial charge >= 0.3 is 0 Å². The molecular weight excluding hydrogens is 845 g/mol. The number of hydrogen-bond acceptors (Lipinski definition) is 12. The van der Waals surface area contributed by atoms with Gasteiger partial charge in [0.2, 0.25) is 11.8 Å². The van der Waals surface area contributed by atoms with Gasteiger partial charge in [-0.25, -0.2) is 9.97 Å². The second kappa shape index (κ2) is 15.9. The van der Waals surface area contributed by atoms with Crippen molar-refractivity contribution in [3.05, 3.63) is 117 Å². The molecule has 2 fully saturated rings. The quantitative estimate of drug-likeness (QED) is 0.191. The molecule has 2 saturated heterocycles. The molecule has 0 radical (unpaired) electrons. The summed E-state index contributed by atoms with van der Waals surface area (Å²) >= 11 is 0. The summed E-state index contributed by atoms with van der Waals surface area (Å²) in [6.07, 6.45) is 6.81. The number of carbonyl (C=O) groups excluding carboxylic acids is 6. The van der Waals surface area contributed by atoms with E-state index >= 15 is 0 Å². The zero-order chi connectivity index (χ0) is 46.3. The molecule has 66 heavy (non-hydrogen) atoms. The van der Waals surface area contributed by atoms with E-state index in [1.165, 1.54) is 28.0 Å². The highest BCUT2D eigenvalue weighted by Gasteiger charge is 2.47. The van der Waals surface area contributed by atoms with Crippen molar-refractivity contribution < 1.29 is 33.9 Å². The summed E-state index contributed by atoms with van der Waals surface area (Å²) < 4.78 is 3.58. The van der Waals surface area contributed by atoms with E-state index in [0.29, 0.717) is 66.7 Å². The Morgan fingerprint density at radius 2 is 1.74 bits per heavy atom. The van der Waals surface area contributed by atoms with Crippen LogP contribution in [0.15, 0.2) is 71.9 Å². The number of nitrogens with one attached hydrogen (secondary N) is 2. The summed E-state index contributed by atoms with van der Waals surface area (Å²) in [5.41, 5.74) is 5.74. The average molecular weight is 893 g/mol. The number of amides is 6. The molecule has 8 heterocycles. The van der Waals surface area contributed by atoms with Crippen molar-refractivity contribution in [3.8, 4) is 11.1 Å². The first-order chi connectivity index (χ1) is 31.6. The zero-order valence-corrected chi connectivity index (χ0v) is 37.0. The molecule has 338 valence electrons. The molecule has 1 aromatic carbocycles. The topological polar surface area (TPSA) is 212 Å². The molecule has 18 nitrogen and oxygen atoms in total. The first-order valence-electron chi connectivity index (χ1n) is 22.1. The predicted octanol–water partition coefficient (Wildman–Crippen LogP) is 3.42. The Bertz CT molecular complexity index is 2990. The molecule has 18 heteroatoms. The standard InChI is InChI=1S/C48H48N10O8/c1-26-23-54(43(62)31-6-5-7-32-40(31)47(66)58(44(32)63)35-9-11-39(60)52-42(35)61)14-15-55(26)29-8-10-38(50-22-29)51-34-18-28(24-53(4)45(34)64)30-12-13-49-41(33(30)25-59)57-17-16-56-36(46(57)65)19-27-20-48(2,3)21-37(27)56/h5-8,10,12-13,18-19,22,24,26,35,59H,9,11,14-17,20-21,23,25H2,1-4H3,(H,50,51)(H,52,60,61)/t26-,35?/m0/s1. The lowest BCUT2D eigenvalue weighted by Gasteiger charge is -2.41. The molecule has 0 spiro atoms. The third-order valence-electron chi connectivity index (χ3n) is 13.5. The fraction of sp³-hybridized carbons (Fsp3) is 0.354. The van der Waals surface area contributed by atoms with E-state index in [4.69, 9.17) is 0 Å². The molecule has 2 atom stereocenters. The molecule has 4 aromatic heterocycles. The summed E-state index contributed by atoms with van der Waals surface area (Å²) in [5.74, 6) is -2.40. The number of anilines is 4. The van der Waals surface area contributed by atoms with Gasteiger partial charge in [0, 0.05) is 81.4 Å². The van der Waals surface area contributed by atoms with Crippen LogP contribution in [0, 0.1) is 5.41 Å². The van der Waals surface area contributed by atoms with Crippen molar-refractivity contribution in [1.82, 2.24) is 34.2 Å². The van der Waals surface area contributed by atoms with Crippen LogP contribution < -0.4 is 26.0 Å². The lowest BCUT2D eigenvalue weighted by Crippen LogP contribution is -2.54. The van der Waals surface area contributed by atoms with Crippen LogP contribution >= 0.6 is 0 Å². The Labute approximate surface area is 378 Å². The van der Waals surface area contributed by atoms with Gasteiger partial charge in [0.15, 0.2) is 0 Å². The van der Waals surface area contributed by atoms with Crippen LogP contribution in [0.25, 0.3) is 11.1 Å². The van der Waals surface area contributed by atoms with Gasteiger partial charge in [-0.2, -0.15) is 0 Å². The molecule has 4 aliphatic heterocycles.